The molecule has 2 aromatic carbocycles. The lowest BCUT2D eigenvalue weighted by Crippen LogP contribution is -2.40. The minimum absolute atomic E-state index is 0.0304. The molecule has 0 unspecified atom stereocenters. The highest BCUT2D eigenvalue weighted by Gasteiger charge is 2.37. The first-order chi connectivity index (χ1) is 12.8. The van der Waals surface area contributed by atoms with Gasteiger partial charge >= 0.3 is 12.2 Å². The fourth-order valence-electron chi connectivity index (χ4n) is 2.44. The molecule has 10 heteroatoms. The fourth-order valence-corrected chi connectivity index (χ4v) is 3.42. The molecule has 1 aromatic heterocycles. The van der Waals surface area contributed by atoms with Gasteiger partial charge in [-0.1, -0.05) is 23.5 Å². The lowest BCUT2D eigenvalue weighted by molar-refractivity contribution is -0.137. The van der Waals surface area contributed by atoms with Crippen molar-refractivity contribution < 1.29 is 22.4 Å². The summed E-state index contributed by atoms with van der Waals surface area (Å²) in [4.78, 5) is 17.7. The standard InChI is InChI=1S/C17H14F4N4OS/c18-10-5-6-13(11(9-10)17(19,20)21)25(15(26)23-8-7-22)16-24-12-3-1-2-4-14(12)27-16/h1-6,9H,7-8,22H2,(H,23,26). The molecule has 0 aliphatic carbocycles. The molecule has 27 heavy (non-hydrogen) atoms. The Hall–Kier alpha value is -2.72. The smallest absolute Gasteiger partial charge is 0.336 e. The molecule has 0 bridgehead atoms. The highest BCUT2D eigenvalue weighted by molar-refractivity contribution is 7.22. The first kappa shape index (κ1) is 19.1. The molecular formula is C17H14F4N4OS. The number of thiazole rings is 1. The molecule has 5 nitrogen and oxygen atoms in total. The number of fused-ring (bicyclic) bond motifs is 1. The Kier molecular flexibility index (Phi) is 5.29. The second-order valence-electron chi connectivity index (χ2n) is 5.48. The van der Waals surface area contributed by atoms with E-state index in [0.717, 1.165) is 28.4 Å². The molecule has 0 aliphatic rings. The van der Waals surface area contributed by atoms with Crippen molar-refractivity contribution >= 4 is 38.4 Å². The van der Waals surface area contributed by atoms with E-state index in [2.05, 4.69) is 10.3 Å². The molecular weight excluding hydrogens is 384 g/mol. The summed E-state index contributed by atoms with van der Waals surface area (Å²) in [6.07, 6.45) is -4.86. The van der Waals surface area contributed by atoms with Gasteiger partial charge in [-0.3, -0.25) is 0 Å². The van der Waals surface area contributed by atoms with Gasteiger partial charge in [0.25, 0.3) is 0 Å². The summed E-state index contributed by atoms with van der Waals surface area (Å²) >= 11 is 1.05. The zero-order valence-electron chi connectivity index (χ0n) is 13.8. The van der Waals surface area contributed by atoms with E-state index < -0.39 is 29.3 Å². The Balaban J connectivity index is 2.17. The van der Waals surface area contributed by atoms with E-state index in [1.54, 1.807) is 24.3 Å². The van der Waals surface area contributed by atoms with Crippen molar-refractivity contribution in [1.82, 2.24) is 10.3 Å². The number of carbonyl (C=O) groups excluding carboxylic acids is 1. The van der Waals surface area contributed by atoms with E-state index >= 15 is 0 Å². The maximum Gasteiger partial charge on any atom is 0.418 e. The molecule has 2 amide bonds. The summed E-state index contributed by atoms with van der Waals surface area (Å²) in [5, 5.41) is 2.46. The van der Waals surface area contributed by atoms with Gasteiger partial charge in [0.2, 0.25) is 0 Å². The van der Waals surface area contributed by atoms with Crippen molar-refractivity contribution in [1.29, 1.82) is 0 Å². The highest BCUT2D eigenvalue weighted by Crippen LogP contribution is 2.41. The molecule has 0 spiro atoms. The van der Waals surface area contributed by atoms with Gasteiger partial charge in [-0.15, -0.1) is 0 Å². The summed E-state index contributed by atoms with van der Waals surface area (Å²) in [7, 11) is 0. The fraction of sp³-hybridized carbons (Fsp3) is 0.176. The number of nitrogens with one attached hydrogen (secondary N) is 1. The van der Waals surface area contributed by atoms with Crippen LogP contribution in [0.2, 0.25) is 0 Å². The number of alkyl halides is 3. The Morgan fingerprint density at radius 1 is 1.22 bits per heavy atom. The van der Waals surface area contributed by atoms with E-state index in [1.165, 1.54) is 0 Å². The van der Waals surface area contributed by atoms with Crippen LogP contribution in [0.15, 0.2) is 42.5 Å². The molecule has 1 heterocycles. The number of amides is 2. The second-order valence-corrected chi connectivity index (χ2v) is 6.49. The summed E-state index contributed by atoms with van der Waals surface area (Å²) in [5.41, 5.74) is 4.10. The van der Waals surface area contributed by atoms with Gasteiger partial charge < -0.3 is 11.1 Å². The van der Waals surface area contributed by atoms with Crippen molar-refractivity contribution in [2.45, 2.75) is 6.18 Å². The van der Waals surface area contributed by atoms with E-state index in [1.807, 2.05) is 0 Å². The van der Waals surface area contributed by atoms with Gasteiger partial charge in [-0.25, -0.2) is 19.1 Å². The number of nitrogens with zero attached hydrogens (tertiary/aromatic N) is 2. The predicted octanol–water partition coefficient (Wildman–Crippen LogP) is 4.26. The van der Waals surface area contributed by atoms with Crippen LogP contribution in [-0.4, -0.2) is 24.1 Å². The van der Waals surface area contributed by atoms with Crippen molar-refractivity contribution in [2.75, 3.05) is 18.0 Å². The largest absolute Gasteiger partial charge is 0.418 e. The number of urea groups is 1. The van der Waals surface area contributed by atoms with Crippen molar-refractivity contribution in [3.05, 3.63) is 53.8 Å². The number of para-hydroxylation sites is 1. The van der Waals surface area contributed by atoms with E-state index in [9.17, 15) is 22.4 Å². The van der Waals surface area contributed by atoms with Crippen LogP contribution < -0.4 is 16.0 Å². The molecule has 0 saturated heterocycles. The van der Waals surface area contributed by atoms with Gasteiger partial charge in [-0.2, -0.15) is 13.2 Å². The Labute approximate surface area is 155 Å². The van der Waals surface area contributed by atoms with Gasteiger partial charge in [0.15, 0.2) is 5.13 Å². The van der Waals surface area contributed by atoms with E-state index in [0.29, 0.717) is 16.3 Å². The summed E-state index contributed by atoms with van der Waals surface area (Å²) < 4.78 is 54.5. The minimum Gasteiger partial charge on any atom is -0.336 e. The maximum atomic E-state index is 13.5. The van der Waals surface area contributed by atoms with Gasteiger partial charge in [-0.05, 0) is 30.3 Å². The average Bonchev–Trinajstić information content (AvgIpc) is 3.04. The molecule has 0 fully saturated rings. The monoisotopic (exact) mass is 398 g/mol. The van der Waals surface area contributed by atoms with Crippen LogP contribution in [0.4, 0.5) is 33.2 Å². The number of benzene rings is 2. The van der Waals surface area contributed by atoms with Crippen molar-refractivity contribution in [3.8, 4) is 0 Å². The number of nitrogens with two attached hydrogens (primary N) is 1. The molecule has 0 saturated carbocycles. The molecule has 3 N–H and O–H groups in total. The zero-order chi connectivity index (χ0) is 19.6. The number of hydrogen-bond donors (Lipinski definition) is 2. The normalized spacial score (nSPS) is 11.6. The molecule has 3 rings (SSSR count). The van der Waals surface area contributed by atoms with Crippen LogP contribution in [0.1, 0.15) is 5.56 Å². The Bertz CT molecular complexity index is 940. The lowest BCUT2D eigenvalue weighted by atomic mass is 10.1. The topological polar surface area (TPSA) is 71.2 Å². The third-order valence-electron chi connectivity index (χ3n) is 3.60. The van der Waals surface area contributed by atoms with Crippen molar-refractivity contribution in [2.24, 2.45) is 5.73 Å². The number of carbonyl (C=O) groups is 1. The van der Waals surface area contributed by atoms with Crippen LogP contribution in [0.5, 0.6) is 0 Å². The highest BCUT2D eigenvalue weighted by atomic mass is 32.1. The quantitative estimate of drug-likeness (QED) is 0.645. The third-order valence-corrected chi connectivity index (χ3v) is 4.62. The first-order valence-electron chi connectivity index (χ1n) is 7.81. The lowest BCUT2D eigenvalue weighted by Gasteiger charge is -2.24. The van der Waals surface area contributed by atoms with E-state index in [-0.39, 0.29) is 18.2 Å². The zero-order valence-corrected chi connectivity index (χ0v) is 14.6. The number of anilines is 2. The Morgan fingerprint density at radius 3 is 2.63 bits per heavy atom. The summed E-state index contributed by atoms with van der Waals surface area (Å²) in [6, 6.07) is 8.18. The third kappa shape index (κ3) is 4.01. The number of halogens is 4. The minimum atomic E-state index is -4.86. The predicted molar refractivity (Wildman–Crippen MR) is 95.6 cm³/mol. The number of hydrogen-bond acceptors (Lipinski definition) is 4. The van der Waals surface area contributed by atoms with Crippen molar-refractivity contribution in [3.63, 3.8) is 0 Å². The van der Waals surface area contributed by atoms with Crippen LogP contribution >= 0.6 is 11.3 Å². The number of aromatic nitrogens is 1. The summed E-state index contributed by atoms with van der Waals surface area (Å²) in [5.74, 6) is -1.06. The molecule has 0 atom stereocenters. The van der Waals surface area contributed by atoms with Crippen LogP contribution in [0.25, 0.3) is 10.2 Å². The molecule has 0 aliphatic heterocycles. The van der Waals surface area contributed by atoms with Gasteiger partial charge in [0.1, 0.15) is 5.82 Å². The average molecular weight is 398 g/mol. The first-order valence-corrected chi connectivity index (χ1v) is 8.63. The van der Waals surface area contributed by atoms with Crippen LogP contribution in [0, 0.1) is 5.82 Å². The molecule has 0 radical (unpaired) electrons. The SMILES string of the molecule is NCCNC(=O)N(c1nc2ccccc2s1)c1ccc(F)cc1C(F)(F)F. The Morgan fingerprint density at radius 2 is 1.96 bits per heavy atom. The second kappa shape index (κ2) is 7.49. The number of rotatable bonds is 4. The summed E-state index contributed by atoms with van der Waals surface area (Å²) in [6.45, 7) is 0.164. The van der Waals surface area contributed by atoms with Crippen LogP contribution in [-0.2, 0) is 6.18 Å². The van der Waals surface area contributed by atoms with Gasteiger partial charge in [0, 0.05) is 13.1 Å². The maximum absolute atomic E-state index is 13.5. The van der Waals surface area contributed by atoms with Gasteiger partial charge in [0.05, 0.1) is 21.5 Å². The van der Waals surface area contributed by atoms with Crippen LogP contribution in [0.3, 0.4) is 0 Å². The molecule has 142 valence electrons. The molecule has 3 aromatic rings. The van der Waals surface area contributed by atoms with E-state index in [4.69, 9.17) is 5.73 Å².